The molecule has 0 spiro atoms. The van der Waals surface area contributed by atoms with Gasteiger partial charge in [0.2, 0.25) is 0 Å². The lowest BCUT2D eigenvalue weighted by atomic mass is 10.1. The van der Waals surface area contributed by atoms with Crippen LogP contribution in [0.15, 0.2) is 24.3 Å². The van der Waals surface area contributed by atoms with Gasteiger partial charge >= 0.3 is 6.03 Å². The van der Waals surface area contributed by atoms with Gasteiger partial charge in [-0.3, -0.25) is 5.32 Å². The normalized spacial score (nSPS) is 19.3. The Morgan fingerprint density at radius 2 is 2.23 bits per heavy atom. The van der Waals surface area contributed by atoms with E-state index in [4.69, 9.17) is 14.9 Å². The van der Waals surface area contributed by atoms with Crippen LogP contribution in [0.4, 0.5) is 20.7 Å². The number of methoxy groups -OCH3 is 1. The second-order valence-corrected chi connectivity index (χ2v) is 7.03. The van der Waals surface area contributed by atoms with E-state index in [1.165, 1.54) is 19.2 Å². The Bertz CT molecular complexity index is 956. The van der Waals surface area contributed by atoms with Gasteiger partial charge < -0.3 is 30.6 Å². The number of aliphatic hydroxyl groups excluding tert-OH is 1. The van der Waals surface area contributed by atoms with Crippen molar-refractivity contribution in [2.45, 2.75) is 25.5 Å². The van der Waals surface area contributed by atoms with E-state index in [1.54, 1.807) is 12.1 Å². The zero-order chi connectivity index (χ0) is 22.4. The molecular formula is C21H26FN5O4. The highest BCUT2D eigenvalue weighted by molar-refractivity contribution is 5.92. The van der Waals surface area contributed by atoms with E-state index >= 15 is 0 Å². The maximum atomic E-state index is 14.2. The van der Waals surface area contributed by atoms with Crippen LogP contribution in [0.5, 0.6) is 5.75 Å². The molecule has 2 amide bonds. The molecule has 0 saturated carbocycles. The highest BCUT2D eigenvalue weighted by atomic mass is 19.1. The van der Waals surface area contributed by atoms with E-state index in [9.17, 15) is 14.3 Å². The molecule has 0 radical (unpaired) electrons. The fourth-order valence-electron chi connectivity index (χ4n) is 3.36. The molecule has 9 nitrogen and oxygen atoms in total. The quantitative estimate of drug-likeness (QED) is 0.463. The van der Waals surface area contributed by atoms with Crippen molar-refractivity contribution in [2.75, 3.05) is 37.5 Å². The molecule has 1 aliphatic rings. The molecular weight excluding hydrogens is 405 g/mol. The highest BCUT2D eigenvalue weighted by Gasteiger charge is 2.21. The van der Waals surface area contributed by atoms with Crippen molar-refractivity contribution in [3.8, 4) is 5.75 Å². The van der Waals surface area contributed by atoms with Gasteiger partial charge in [0, 0.05) is 24.7 Å². The van der Waals surface area contributed by atoms with Crippen molar-refractivity contribution in [3.63, 3.8) is 0 Å². The summed E-state index contributed by atoms with van der Waals surface area (Å²) in [4.78, 5) is 17.1. The van der Waals surface area contributed by atoms with Crippen LogP contribution in [0, 0.1) is 11.2 Å². The monoisotopic (exact) mass is 431 g/mol. The number of amides is 2. The van der Waals surface area contributed by atoms with Gasteiger partial charge in [-0.15, -0.1) is 0 Å². The van der Waals surface area contributed by atoms with Crippen LogP contribution in [0.2, 0.25) is 0 Å². The zero-order valence-corrected chi connectivity index (χ0v) is 17.4. The number of fused-ring (bicyclic) bond motifs is 2. The smallest absolute Gasteiger partial charge is 0.320 e. The first-order valence-electron chi connectivity index (χ1n) is 9.90. The molecule has 0 aliphatic carbocycles. The maximum absolute atomic E-state index is 14.2. The number of hydrogen-bond donors (Lipinski definition) is 5. The number of carbonyl (C=O) groups is 1. The Labute approximate surface area is 179 Å². The Balaban J connectivity index is 1.92. The average molecular weight is 431 g/mol. The maximum Gasteiger partial charge on any atom is 0.320 e. The van der Waals surface area contributed by atoms with E-state index in [1.807, 2.05) is 6.92 Å². The van der Waals surface area contributed by atoms with Crippen LogP contribution in [0.1, 0.15) is 29.8 Å². The number of aromatic nitrogens is 1. The molecule has 2 atom stereocenters. The molecule has 3 rings (SSSR count). The van der Waals surface area contributed by atoms with Gasteiger partial charge in [0.25, 0.3) is 0 Å². The molecule has 31 heavy (non-hydrogen) atoms. The van der Waals surface area contributed by atoms with E-state index in [0.717, 1.165) is 6.21 Å². The van der Waals surface area contributed by atoms with E-state index < -0.39 is 24.0 Å². The Morgan fingerprint density at radius 1 is 1.42 bits per heavy atom. The zero-order valence-electron chi connectivity index (χ0n) is 17.4. The molecule has 1 aromatic heterocycles. The minimum Gasteiger partial charge on any atom is -0.494 e. The molecule has 166 valence electrons. The fraction of sp³-hybridized carbons (Fsp3) is 0.381. The number of benzene rings is 1. The SMILES string of the molecule is CCNc1c(C=N)cc2nc1C[C@H](O)COC[C@H](c1ccc(OC)c(F)c1)NC(=O)N2. The molecule has 2 bridgehead atoms. The predicted octanol–water partition coefficient (Wildman–Crippen LogP) is 2.46. The van der Waals surface area contributed by atoms with E-state index in [-0.39, 0.29) is 31.2 Å². The molecule has 2 heterocycles. The van der Waals surface area contributed by atoms with Crippen molar-refractivity contribution < 1.29 is 23.8 Å². The minimum atomic E-state index is -0.859. The van der Waals surface area contributed by atoms with Crippen LogP contribution in [-0.2, 0) is 11.2 Å². The van der Waals surface area contributed by atoms with Crippen molar-refractivity contribution in [2.24, 2.45) is 0 Å². The van der Waals surface area contributed by atoms with Gasteiger partial charge in [0.05, 0.1) is 43.9 Å². The first-order chi connectivity index (χ1) is 14.9. The van der Waals surface area contributed by atoms with Gasteiger partial charge in [-0.05, 0) is 30.7 Å². The number of rotatable bonds is 5. The highest BCUT2D eigenvalue weighted by Crippen LogP contribution is 2.25. The summed E-state index contributed by atoms with van der Waals surface area (Å²) in [7, 11) is 1.37. The number of hydrogen-bond acceptors (Lipinski definition) is 7. The number of ether oxygens (including phenoxy) is 2. The average Bonchev–Trinajstić information content (AvgIpc) is 2.73. The largest absolute Gasteiger partial charge is 0.494 e. The number of urea groups is 1. The number of pyridine rings is 1. The third kappa shape index (κ3) is 5.47. The van der Waals surface area contributed by atoms with Crippen molar-refractivity contribution in [1.82, 2.24) is 10.3 Å². The molecule has 0 saturated heterocycles. The van der Waals surface area contributed by atoms with Crippen LogP contribution in [-0.4, -0.2) is 55.3 Å². The lowest BCUT2D eigenvalue weighted by molar-refractivity contribution is 0.0283. The van der Waals surface area contributed by atoms with E-state index in [0.29, 0.717) is 29.1 Å². The summed E-state index contributed by atoms with van der Waals surface area (Å²) in [5, 5.41) is 26.7. The van der Waals surface area contributed by atoms with Crippen molar-refractivity contribution in [3.05, 3.63) is 46.9 Å². The van der Waals surface area contributed by atoms with Gasteiger partial charge in [0.1, 0.15) is 5.82 Å². The lowest BCUT2D eigenvalue weighted by Crippen LogP contribution is -2.36. The summed E-state index contributed by atoms with van der Waals surface area (Å²) in [5.74, 6) is -0.232. The van der Waals surface area contributed by atoms with Crippen LogP contribution >= 0.6 is 0 Å². The third-order valence-corrected chi connectivity index (χ3v) is 4.78. The molecule has 5 N–H and O–H groups in total. The van der Waals surface area contributed by atoms with E-state index in [2.05, 4.69) is 20.9 Å². The topological polar surface area (TPSA) is 129 Å². The summed E-state index contributed by atoms with van der Waals surface area (Å²) in [6.45, 7) is 2.55. The lowest BCUT2D eigenvalue weighted by Gasteiger charge is -2.23. The number of carbonyl (C=O) groups excluding carboxylic acids is 1. The van der Waals surface area contributed by atoms with Gasteiger partial charge in [-0.25, -0.2) is 14.2 Å². The van der Waals surface area contributed by atoms with Gasteiger partial charge in [-0.2, -0.15) is 0 Å². The predicted molar refractivity (Wildman–Crippen MR) is 115 cm³/mol. The Kier molecular flexibility index (Phi) is 7.37. The Morgan fingerprint density at radius 3 is 2.90 bits per heavy atom. The molecule has 1 aromatic carbocycles. The molecule has 10 heteroatoms. The van der Waals surface area contributed by atoms with Crippen LogP contribution in [0.3, 0.4) is 0 Å². The summed E-state index contributed by atoms with van der Waals surface area (Å²) < 4.78 is 24.7. The molecule has 0 unspecified atom stereocenters. The molecule has 1 aliphatic heterocycles. The van der Waals surface area contributed by atoms with Gasteiger partial charge in [0.15, 0.2) is 11.6 Å². The number of nitrogens with one attached hydrogen (secondary N) is 4. The molecule has 0 fully saturated rings. The van der Waals surface area contributed by atoms with Crippen molar-refractivity contribution in [1.29, 1.82) is 5.41 Å². The van der Waals surface area contributed by atoms with Gasteiger partial charge in [-0.1, -0.05) is 6.07 Å². The number of nitrogens with zero attached hydrogens (tertiary/aromatic N) is 1. The standard InChI is InChI=1S/C21H26FN5O4/c1-3-24-20-13(9-23)7-19-25-16(20)8-14(28)10-31-11-17(26-21(29)27-19)12-4-5-18(30-2)15(22)6-12/h4-7,9,14,17,23-24,28H,3,8,10-11H2,1-2H3,(H2,25,26,27,29)/t14-,17+/m0/s1. The fourth-order valence-corrected chi connectivity index (χ4v) is 3.36. The van der Waals surface area contributed by atoms with Crippen LogP contribution in [0.25, 0.3) is 0 Å². The first kappa shape index (κ1) is 22.4. The summed E-state index contributed by atoms with van der Waals surface area (Å²) in [6.07, 6.45) is 0.466. The Hall–Kier alpha value is -3.24. The second kappa shape index (κ2) is 10.2. The number of anilines is 2. The summed E-state index contributed by atoms with van der Waals surface area (Å²) >= 11 is 0. The minimum absolute atomic E-state index is 0.00414. The molecule has 2 aromatic rings. The summed E-state index contributed by atoms with van der Waals surface area (Å²) in [6, 6.07) is 4.72. The van der Waals surface area contributed by atoms with Crippen molar-refractivity contribution >= 4 is 23.8 Å². The van der Waals surface area contributed by atoms with Crippen LogP contribution < -0.4 is 20.7 Å². The number of aliphatic hydroxyl groups is 1. The number of halogens is 1. The second-order valence-electron chi connectivity index (χ2n) is 7.03. The summed E-state index contributed by atoms with van der Waals surface area (Å²) in [5.41, 5.74) is 2.16. The third-order valence-electron chi connectivity index (χ3n) is 4.78. The first-order valence-corrected chi connectivity index (χ1v) is 9.90.